The van der Waals surface area contributed by atoms with Crippen molar-refractivity contribution in [2.75, 3.05) is 12.0 Å². The molecule has 1 aliphatic heterocycles. The molecule has 0 saturated carbocycles. The van der Waals surface area contributed by atoms with Crippen LogP contribution >= 0.6 is 0 Å². The SMILES string of the molecule is COc1ccc(CNC(=O)[C@H]2Cc3ccccc3N2C(C)=O)cc1. The highest BCUT2D eigenvalue weighted by Gasteiger charge is 2.36. The van der Waals surface area contributed by atoms with Gasteiger partial charge in [-0.05, 0) is 29.3 Å². The maximum atomic E-state index is 12.6. The van der Waals surface area contributed by atoms with Gasteiger partial charge in [0.15, 0.2) is 0 Å². The van der Waals surface area contributed by atoms with Gasteiger partial charge in [-0.3, -0.25) is 14.5 Å². The van der Waals surface area contributed by atoms with Gasteiger partial charge < -0.3 is 10.1 Å². The molecule has 1 heterocycles. The second-order valence-corrected chi connectivity index (χ2v) is 5.80. The third kappa shape index (κ3) is 3.11. The van der Waals surface area contributed by atoms with Gasteiger partial charge in [0, 0.05) is 25.6 Å². The second-order valence-electron chi connectivity index (χ2n) is 5.80. The van der Waals surface area contributed by atoms with Crippen LogP contribution in [-0.4, -0.2) is 25.0 Å². The fourth-order valence-electron chi connectivity index (χ4n) is 3.04. The fraction of sp³-hybridized carbons (Fsp3) is 0.263. The maximum absolute atomic E-state index is 12.6. The van der Waals surface area contributed by atoms with E-state index in [1.54, 1.807) is 12.0 Å². The molecular weight excluding hydrogens is 304 g/mol. The van der Waals surface area contributed by atoms with Crippen molar-refractivity contribution in [1.29, 1.82) is 0 Å². The lowest BCUT2D eigenvalue weighted by Gasteiger charge is -2.23. The monoisotopic (exact) mass is 324 g/mol. The van der Waals surface area contributed by atoms with Gasteiger partial charge in [0.2, 0.25) is 11.8 Å². The summed E-state index contributed by atoms with van der Waals surface area (Å²) >= 11 is 0. The number of hydrogen-bond acceptors (Lipinski definition) is 3. The standard InChI is InChI=1S/C19H20N2O3/c1-13(22)21-17-6-4-3-5-15(17)11-18(21)19(23)20-12-14-7-9-16(24-2)10-8-14/h3-10,18H,11-12H2,1-2H3,(H,20,23)/t18-/m1/s1. The van der Waals surface area contributed by atoms with Crippen molar-refractivity contribution in [3.63, 3.8) is 0 Å². The van der Waals surface area contributed by atoms with Crippen LogP contribution in [0.4, 0.5) is 5.69 Å². The Bertz CT molecular complexity index is 755. The van der Waals surface area contributed by atoms with Crippen LogP contribution in [0, 0.1) is 0 Å². The molecule has 0 unspecified atom stereocenters. The van der Waals surface area contributed by atoms with Gasteiger partial charge in [-0.15, -0.1) is 0 Å². The molecule has 0 saturated heterocycles. The number of amides is 2. The van der Waals surface area contributed by atoms with Crippen molar-refractivity contribution in [3.05, 3.63) is 59.7 Å². The number of fused-ring (bicyclic) bond motifs is 1. The second kappa shape index (κ2) is 6.74. The first-order valence-electron chi connectivity index (χ1n) is 7.88. The lowest BCUT2D eigenvalue weighted by atomic mass is 10.1. The quantitative estimate of drug-likeness (QED) is 0.939. The molecule has 3 rings (SSSR count). The Hall–Kier alpha value is -2.82. The summed E-state index contributed by atoms with van der Waals surface area (Å²) in [7, 11) is 1.62. The summed E-state index contributed by atoms with van der Waals surface area (Å²) in [4.78, 5) is 26.2. The number of para-hydroxylation sites is 1. The first kappa shape index (κ1) is 16.1. The largest absolute Gasteiger partial charge is 0.497 e. The molecule has 0 bridgehead atoms. The fourth-order valence-corrected chi connectivity index (χ4v) is 3.04. The molecule has 1 atom stereocenters. The third-order valence-corrected chi connectivity index (χ3v) is 4.24. The van der Waals surface area contributed by atoms with Gasteiger partial charge in [-0.25, -0.2) is 0 Å². The average molecular weight is 324 g/mol. The smallest absolute Gasteiger partial charge is 0.243 e. The van der Waals surface area contributed by atoms with Gasteiger partial charge >= 0.3 is 0 Å². The van der Waals surface area contributed by atoms with E-state index in [2.05, 4.69) is 5.32 Å². The van der Waals surface area contributed by atoms with Crippen molar-refractivity contribution in [2.45, 2.75) is 25.9 Å². The molecule has 1 N–H and O–H groups in total. The highest BCUT2D eigenvalue weighted by atomic mass is 16.5. The molecule has 1 aliphatic rings. The summed E-state index contributed by atoms with van der Waals surface area (Å²) in [6.45, 7) is 1.91. The molecule has 0 aromatic heterocycles. The molecule has 5 nitrogen and oxygen atoms in total. The number of carbonyl (C=O) groups excluding carboxylic acids is 2. The van der Waals surface area contributed by atoms with Crippen molar-refractivity contribution in [3.8, 4) is 5.75 Å². The number of anilines is 1. The van der Waals surface area contributed by atoms with E-state index < -0.39 is 6.04 Å². The van der Waals surface area contributed by atoms with Gasteiger partial charge in [-0.1, -0.05) is 30.3 Å². The molecule has 5 heteroatoms. The number of nitrogens with zero attached hydrogens (tertiary/aromatic N) is 1. The zero-order chi connectivity index (χ0) is 17.1. The van der Waals surface area contributed by atoms with Crippen LogP contribution in [0.2, 0.25) is 0 Å². The van der Waals surface area contributed by atoms with Gasteiger partial charge in [0.1, 0.15) is 11.8 Å². The number of carbonyl (C=O) groups is 2. The molecule has 0 spiro atoms. The summed E-state index contributed by atoms with van der Waals surface area (Å²) in [5.41, 5.74) is 2.83. The predicted octanol–water partition coefficient (Wildman–Crippen LogP) is 2.29. The molecule has 0 fully saturated rings. The summed E-state index contributed by atoms with van der Waals surface area (Å²) in [6, 6.07) is 14.7. The lowest BCUT2D eigenvalue weighted by molar-refractivity contribution is -0.125. The van der Waals surface area contributed by atoms with E-state index in [9.17, 15) is 9.59 Å². The first-order valence-corrected chi connectivity index (χ1v) is 7.88. The highest BCUT2D eigenvalue weighted by molar-refractivity contribution is 6.02. The van der Waals surface area contributed by atoms with Crippen molar-refractivity contribution < 1.29 is 14.3 Å². The molecule has 0 aliphatic carbocycles. The minimum atomic E-state index is -0.488. The van der Waals surface area contributed by atoms with Crippen LogP contribution in [0.1, 0.15) is 18.1 Å². The topological polar surface area (TPSA) is 58.6 Å². The number of benzene rings is 2. The van der Waals surface area contributed by atoms with Crippen LogP contribution in [0.3, 0.4) is 0 Å². The highest BCUT2D eigenvalue weighted by Crippen LogP contribution is 2.32. The van der Waals surface area contributed by atoms with E-state index in [1.165, 1.54) is 6.92 Å². The van der Waals surface area contributed by atoms with Crippen LogP contribution in [-0.2, 0) is 22.6 Å². The number of hydrogen-bond donors (Lipinski definition) is 1. The zero-order valence-electron chi connectivity index (χ0n) is 13.8. The van der Waals surface area contributed by atoms with E-state index in [-0.39, 0.29) is 11.8 Å². The normalized spacial score (nSPS) is 15.8. The van der Waals surface area contributed by atoms with Crippen LogP contribution in [0.15, 0.2) is 48.5 Å². The Labute approximate surface area is 141 Å². The Morgan fingerprint density at radius 3 is 2.54 bits per heavy atom. The number of nitrogens with one attached hydrogen (secondary N) is 1. The molecule has 24 heavy (non-hydrogen) atoms. The molecular formula is C19H20N2O3. The molecule has 2 aromatic carbocycles. The Balaban J connectivity index is 1.69. The molecule has 0 radical (unpaired) electrons. The van der Waals surface area contributed by atoms with Crippen LogP contribution < -0.4 is 15.0 Å². The minimum Gasteiger partial charge on any atom is -0.497 e. The molecule has 2 aromatic rings. The average Bonchev–Trinajstić information content (AvgIpc) is 3.00. The molecule has 124 valence electrons. The van der Waals surface area contributed by atoms with Crippen LogP contribution in [0.5, 0.6) is 5.75 Å². The zero-order valence-corrected chi connectivity index (χ0v) is 13.8. The van der Waals surface area contributed by atoms with E-state index in [0.29, 0.717) is 13.0 Å². The Morgan fingerprint density at radius 1 is 1.17 bits per heavy atom. The lowest BCUT2D eigenvalue weighted by Crippen LogP contribution is -2.47. The number of rotatable bonds is 4. The Kier molecular flexibility index (Phi) is 4.51. The summed E-state index contributed by atoms with van der Waals surface area (Å²) in [6.07, 6.45) is 0.546. The van der Waals surface area contributed by atoms with Crippen molar-refractivity contribution in [1.82, 2.24) is 5.32 Å². The minimum absolute atomic E-state index is 0.121. The maximum Gasteiger partial charge on any atom is 0.243 e. The van der Waals surface area contributed by atoms with E-state index in [4.69, 9.17) is 4.74 Å². The van der Waals surface area contributed by atoms with Gasteiger partial charge in [0.25, 0.3) is 0 Å². The van der Waals surface area contributed by atoms with Crippen LogP contribution in [0.25, 0.3) is 0 Å². The number of methoxy groups -OCH3 is 1. The van der Waals surface area contributed by atoms with Crippen molar-refractivity contribution in [2.24, 2.45) is 0 Å². The number of ether oxygens (including phenoxy) is 1. The Morgan fingerprint density at radius 2 is 1.88 bits per heavy atom. The molecule has 2 amide bonds. The first-order chi connectivity index (χ1) is 11.6. The van der Waals surface area contributed by atoms with E-state index >= 15 is 0 Å². The van der Waals surface area contributed by atoms with Crippen molar-refractivity contribution >= 4 is 17.5 Å². The van der Waals surface area contributed by atoms with E-state index in [1.807, 2.05) is 48.5 Å². The predicted molar refractivity (Wildman–Crippen MR) is 91.9 cm³/mol. The summed E-state index contributed by atoms with van der Waals surface area (Å²) < 4.78 is 5.12. The third-order valence-electron chi connectivity index (χ3n) is 4.24. The van der Waals surface area contributed by atoms with Gasteiger partial charge in [-0.2, -0.15) is 0 Å². The van der Waals surface area contributed by atoms with Gasteiger partial charge in [0.05, 0.1) is 7.11 Å². The summed E-state index contributed by atoms with van der Waals surface area (Å²) in [5, 5.41) is 2.92. The summed E-state index contributed by atoms with van der Waals surface area (Å²) in [5.74, 6) is 0.515. The van der Waals surface area contributed by atoms with E-state index in [0.717, 1.165) is 22.6 Å².